The van der Waals surface area contributed by atoms with Crippen LogP contribution in [0.1, 0.15) is 200 Å². The summed E-state index contributed by atoms with van der Waals surface area (Å²) >= 11 is 0. The van der Waals surface area contributed by atoms with Gasteiger partial charge >= 0.3 is 5.97 Å². The summed E-state index contributed by atoms with van der Waals surface area (Å²) in [6.07, 6.45) is 26.6. The van der Waals surface area contributed by atoms with E-state index in [0.717, 1.165) is 64.2 Å². The van der Waals surface area contributed by atoms with Gasteiger partial charge in [0.15, 0.2) is 12.6 Å². The van der Waals surface area contributed by atoms with Crippen LogP contribution in [0, 0.1) is 0 Å². The molecule has 0 amide bonds. The number of aliphatic hydroxyl groups is 7. The third-order valence-corrected chi connectivity index (χ3v) is 12.7. The van der Waals surface area contributed by atoms with E-state index >= 15 is 0 Å². The first-order valence-electron chi connectivity index (χ1n) is 26.4. The predicted molar refractivity (Wildman–Crippen MR) is 257 cm³/mol. The van der Waals surface area contributed by atoms with Crippen molar-refractivity contribution in [2.75, 3.05) is 33.0 Å². The van der Waals surface area contributed by atoms with E-state index in [1.807, 2.05) is 0 Å². The zero-order valence-electron chi connectivity index (χ0n) is 41.2. The summed E-state index contributed by atoms with van der Waals surface area (Å²) < 4.78 is 34.3. The van der Waals surface area contributed by atoms with Crippen molar-refractivity contribution in [1.29, 1.82) is 0 Å². The van der Waals surface area contributed by atoms with Gasteiger partial charge in [-0.1, -0.05) is 154 Å². The molecule has 2 aliphatic rings. The smallest absolute Gasteiger partial charge is 0.306 e. The van der Waals surface area contributed by atoms with Gasteiger partial charge in [-0.2, -0.15) is 0 Å². The topological polar surface area (TPSA) is 214 Å². The normalized spacial score (nSPS) is 26.4. The van der Waals surface area contributed by atoms with Crippen LogP contribution in [-0.4, -0.2) is 142 Å². The van der Waals surface area contributed by atoms with Crippen LogP contribution in [0.4, 0.5) is 0 Å². The van der Waals surface area contributed by atoms with Crippen molar-refractivity contribution < 1.29 is 69.0 Å². The van der Waals surface area contributed by atoms with Crippen LogP contribution in [-0.2, 0) is 33.2 Å². The third kappa shape index (κ3) is 27.6. The lowest BCUT2D eigenvalue weighted by Gasteiger charge is -2.42. The molecule has 0 spiro atoms. The average molecular weight is 945 g/mol. The molecule has 2 fully saturated rings. The van der Waals surface area contributed by atoms with E-state index < -0.39 is 80.7 Å². The first-order valence-corrected chi connectivity index (χ1v) is 26.4. The molecule has 66 heavy (non-hydrogen) atoms. The molecule has 11 atom stereocenters. The molecule has 2 heterocycles. The minimum Gasteiger partial charge on any atom is -0.457 e. The molecule has 0 aromatic rings. The molecule has 0 radical (unpaired) electrons. The monoisotopic (exact) mass is 945 g/mol. The van der Waals surface area contributed by atoms with Crippen LogP contribution in [0.2, 0.25) is 0 Å². The Labute approximate surface area is 398 Å². The summed E-state index contributed by atoms with van der Waals surface area (Å²) in [7, 11) is 0. The Morgan fingerprint density at radius 3 is 1.38 bits per heavy atom. The first-order chi connectivity index (χ1) is 32.1. The first kappa shape index (κ1) is 60.6. The Morgan fingerprint density at radius 1 is 0.485 bits per heavy atom. The Kier molecular flexibility index (Phi) is 36.9. The molecule has 14 nitrogen and oxygen atoms in total. The van der Waals surface area contributed by atoms with Crippen LogP contribution in [0.5, 0.6) is 0 Å². The zero-order chi connectivity index (χ0) is 48.0. The van der Waals surface area contributed by atoms with Crippen LogP contribution in [0.3, 0.4) is 0 Å². The third-order valence-electron chi connectivity index (χ3n) is 12.7. The molecular formula is C52H96O14. The molecular weight excluding hydrogens is 849 g/mol. The number of ether oxygens (including phenoxy) is 6. The Bertz CT molecular complexity index is 1190. The van der Waals surface area contributed by atoms with E-state index in [2.05, 4.69) is 38.2 Å². The number of hydrogen-bond donors (Lipinski definition) is 7. The molecule has 2 saturated heterocycles. The predicted octanol–water partition coefficient (Wildman–Crippen LogP) is 8.02. The van der Waals surface area contributed by atoms with E-state index in [1.54, 1.807) is 0 Å². The Balaban J connectivity index is 1.77. The number of carbonyl (C=O) groups is 1. The Morgan fingerprint density at radius 2 is 0.894 bits per heavy atom. The molecule has 0 saturated carbocycles. The number of aliphatic hydroxyl groups excluding tert-OH is 7. The highest BCUT2D eigenvalue weighted by molar-refractivity contribution is 5.69. The molecule has 0 aliphatic carbocycles. The average Bonchev–Trinajstić information content (AvgIpc) is 3.31. The lowest BCUT2D eigenvalue weighted by atomic mass is 9.98. The van der Waals surface area contributed by atoms with Crippen molar-refractivity contribution in [3.63, 3.8) is 0 Å². The molecule has 14 heteroatoms. The molecule has 2 aliphatic heterocycles. The second-order valence-electron chi connectivity index (χ2n) is 18.7. The molecule has 0 aromatic heterocycles. The van der Waals surface area contributed by atoms with Gasteiger partial charge in [0.05, 0.1) is 26.4 Å². The van der Waals surface area contributed by atoms with E-state index in [0.29, 0.717) is 13.0 Å². The number of carbonyl (C=O) groups excluding carboxylic acids is 1. The minimum absolute atomic E-state index is 0.0565. The van der Waals surface area contributed by atoms with Crippen molar-refractivity contribution in [1.82, 2.24) is 0 Å². The van der Waals surface area contributed by atoms with Gasteiger partial charge in [0.2, 0.25) is 0 Å². The van der Waals surface area contributed by atoms with Gasteiger partial charge in [-0.15, -0.1) is 0 Å². The second kappa shape index (κ2) is 40.2. The highest BCUT2D eigenvalue weighted by Crippen LogP contribution is 2.26. The van der Waals surface area contributed by atoms with Gasteiger partial charge in [0.25, 0.3) is 0 Å². The summed E-state index contributed by atoms with van der Waals surface area (Å²) in [6, 6.07) is 0. The Hall–Kier alpha value is -1.53. The largest absolute Gasteiger partial charge is 0.457 e. The van der Waals surface area contributed by atoms with Crippen LogP contribution >= 0.6 is 0 Å². The van der Waals surface area contributed by atoms with E-state index in [4.69, 9.17) is 28.4 Å². The lowest BCUT2D eigenvalue weighted by Crippen LogP contribution is -2.61. The van der Waals surface area contributed by atoms with E-state index in [1.165, 1.54) is 109 Å². The maximum Gasteiger partial charge on any atom is 0.306 e. The second-order valence-corrected chi connectivity index (χ2v) is 18.7. The summed E-state index contributed by atoms with van der Waals surface area (Å²) in [5.74, 6) is -0.385. The van der Waals surface area contributed by atoms with Gasteiger partial charge in [0, 0.05) is 13.0 Å². The van der Waals surface area contributed by atoms with Crippen LogP contribution in [0.15, 0.2) is 24.3 Å². The quantitative estimate of drug-likeness (QED) is 0.0175. The van der Waals surface area contributed by atoms with Crippen molar-refractivity contribution in [2.45, 2.75) is 268 Å². The molecule has 0 bridgehead atoms. The zero-order valence-corrected chi connectivity index (χ0v) is 41.2. The summed E-state index contributed by atoms with van der Waals surface area (Å²) in [4.78, 5) is 13.0. The fraction of sp³-hybridized carbons (Fsp3) is 0.904. The van der Waals surface area contributed by atoms with E-state index in [9.17, 15) is 40.5 Å². The number of allylic oxidation sites excluding steroid dienone is 4. The summed E-state index contributed by atoms with van der Waals surface area (Å²) in [5, 5.41) is 72.1. The summed E-state index contributed by atoms with van der Waals surface area (Å²) in [6.45, 7) is 3.67. The molecule has 388 valence electrons. The van der Waals surface area contributed by atoms with Crippen molar-refractivity contribution in [3.05, 3.63) is 24.3 Å². The number of hydrogen-bond acceptors (Lipinski definition) is 14. The van der Waals surface area contributed by atoms with Gasteiger partial charge in [-0.25, -0.2) is 0 Å². The lowest BCUT2D eigenvalue weighted by molar-refractivity contribution is -0.332. The molecule has 0 aromatic carbocycles. The highest BCUT2D eigenvalue weighted by Gasteiger charge is 2.47. The van der Waals surface area contributed by atoms with Gasteiger partial charge in [-0.05, 0) is 64.2 Å². The maximum absolute atomic E-state index is 13.0. The number of unbranched alkanes of at least 4 members (excludes halogenated alkanes) is 24. The SMILES string of the molecule is CCCCCCCC/C=C\CCCCCCCCOCC(COC1OC(COC2OC(CO)C(O)C(O)C2O)C(O)C(O)C1O)OC(=O)CCCCCCC/C=C\CCCCCCCCC. The number of esters is 1. The highest BCUT2D eigenvalue weighted by atomic mass is 16.7. The van der Waals surface area contributed by atoms with Crippen LogP contribution < -0.4 is 0 Å². The molecule has 11 unspecified atom stereocenters. The van der Waals surface area contributed by atoms with Gasteiger partial charge in [-0.3, -0.25) is 4.79 Å². The van der Waals surface area contributed by atoms with Crippen molar-refractivity contribution in [3.8, 4) is 0 Å². The van der Waals surface area contributed by atoms with Gasteiger partial charge < -0.3 is 64.2 Å². The van der Waals surface area contributed by atoms with Crippen molar-refractivity contribution >= 4 is 5.97 Å². The van der Waals surface area contributed by atoms with E-state index in [-0.39, 0.29) is 25.6 Å². The number of rotatable bonds is 42. The van der Waals surface area contributed by atoms with Gasteiger partial charge in [0.1, 0.15) is 54.9 Å². The van der Waals surface area contributed by atoms with Crippen molar-refractivity contribution in [2.24, 2.45) is 0 Å². The fourth-order valence-corrected chi connectivity index (χ4v) is 8.33. The molecule has 2 rings (SSSR count). The standard InChI is InChI=1S/C52H96O14/c1-3-5-7-9-11-13-15-17-19-21-23-25-27-29-31-33-35-44(54)64-41(38-61-36-34-32-30-28-26-24-22-20-18-16-14-12-10-8-6-4-2)39-62-51-50(60)48(58)46(56)43(66-51)40-63-52-49(59)47(57)45(55)42(37-53)65-52/h18-21,41-43,45-53,55-60H,3-17,22-40H2,1-2H3/b20-18-,21-19-. The minimum atomic E-state index is -1.71. The van der Waals surface area contributed by atoms with Crippen LogP contribution in [0.25, 0.3) is 0 Å². The summed E-state index contributed by atoms with van der Waals surface area (Å²) in [5.41, 5.74) is 0. The molecule has 7 N–H and O–H groups in total. The maximum atomic E-state index is 13.0. The fourth-order valence-electron chi connectivity index (χ4n) is 8.33.